The van der Waals surface area contributed by atoms with Gasteiger partial charge in [-0.05, 0) is 56.6 Å². The number of aryl methyl sites for hydroxylation is 2. The number of aliphatic hydroxyl groups is 1. The van der Waals surface area contributed by atoms with Crippen LogP contribution in [0.1, 0.15) is 73.7 Å². The Labute approximate surface area is 401 Å². The van der Waals surface area contributed by atoms with E-state index in [4.69, 9.17) is 33.3 Å². The normalized spacial score (nSPS) is 11.3. The monoisotopic (exact) mass is 865 g/mol. The zero-order valence-electron chi connectivity index (χ0n) is 33.9. The van der Waals surface area contributed by atoms with E-state index in [1.165, 1.54) is 0 Å². The van der Waals surface area contributed by atoms with E-state index in [2.05, 4.69) is 115 Å². The van der Waals surface area contributed by atoms with Crippen molar-refractivity contribution in [2.45, 2.75) is 78.6 Å². The maximum Gasteiger partial charge on any atom is 1.00 e. The molecule has 300 valence electrons. The van der Waals surface area contributed by atoms with Crippen molar-refractivity contribution in [3.63, 3.8) is 0 Å². The quantitative estimate of drug-likeness (QED) is 0.107. The van der Waals surface area contributed by atoms with Gasteiger partial charge < -0.3 is 14.2 Å². The van der Waals surface area contributed by atoms with Crippen molar-refractivity contribution in [2.24, 2.45) is 0 Å². The second-order valence-corrected chi connectivity index (χ2v) is 15.1. The van der Waals surface area contributed by atoms with Crippen LogP contribution in [-0.2, 0) is 39.1 Å². The van der Waals surface area contributed by atoms with Crippen LogP contribution in [-0.4, -0.2) is 65.0 Å². The van der Waals surface area contributed by atoms with E-state index in [1.807, 2.05) is 41.0 Å². The number of unbranched alkanes of at least 4 members (excludes halogenated alkanes) is 2. The smallest absolute Gasteiger partial charge is 0.390 e. The Kier molecular flexibility index (Phi) is 14.9. The molecular formula is C44H44Cl2KN12O+. The molecule has 8 aromatic rings. The number of tetrazole rings is 2. The van der Waals surface area contributed by atoms with Gasteiger partial charge in [0, 0.05) is 37.1 Å². The van der Waals surface area contributed by atoms with E-state index in [-0.39, 0.29) is 58.0 Å². The molecule has 13 nitrogen and oxygen atoms in total. The molecule has 0 unspecified atom stereocenters. The third-order valence-electron chi connectivity index (χ3n) is 10.5. The van der Waals surface area contributed by atoms with Gasteiger partial charge in [-0.1, -0.05) is 147 Å². The van der Waals surface area contributed by atoms with Crippen LogP contribution in [0.4, 0.5) is 0 Å². The van der Waals surface area contributed by atoms with E-state index in [9.17, 15) is 5.11 Å². The Balaban J connectivity index is 0.00000544. The van der Waals surface area contributed by atoms with Gasteiger partial charge in [-0.25, -0.2) is 9.97 Å². The number of nitrogens with one attached hydrogen (secondary N) is 1. The van der Waals surface area contributed by atoms with Crippen LogP contribution in [0.5, 0.6) is 0 Å². The van der Waals surface area contributed by atoms with Gasteiger partial charge in [0.15, 0.2) is 10.3 Å². The van der Waals surface area contributed by atoms with Gasteiger partial charge in [0.2, 0.25) is 11.6 Å². The first-order valence-corrected chi connectivity index (χ1v) is 20.7. The summed E-state index contributed by atoms with van der Waals surface area (Å²) in [5.41, 5.74) is 9.47. The van der Waals surface area contributed by atoms with E-state index < -0.39 is 0 Å². The molecule has 16 heteroatoms. The molecule has 0 amide bonds. The summed E-state index contributed by atoms with van der Waals surface area (Å²) in [5, 5.41) is 39.4. The van der Waals surface area contributed by atoms with Crippen LogP contribution >= 0.6 is 23.2 Å². The fourth-order valence-electron chi connectivity index (χ4n) is 7.37. The first-order valence-electron chi connectivity index (χ1n) is 19.9. The zero-order valence-corrected chi connectivity index (χ0v) is 38.6. The summed E-state index contributed by atoms with van der Waals surface area (Å²) >= 11 is 13.3. The van der Waals surface area contributed by atoms with E-state index in [1.54, 1.807) is 4.80 Å². The maximum absolute atomic E-state index is 10.0. The number of aromatic nitrogens is 12. The van der Waals surface area contributed by atoms with Crippen LogP contribution in [0.2, 0.25) is 10.3 Å². The first-order chi connectivity index (χ1) is 28.9. The van der Waals surface area contributed by atoms with Gasteiger partial charge in [-0.2, -0.15) is 10.0 Å². The van der Waals surface area contributed by atoms with Crippen LogP contribution in [0, 0.1) is 0 Å². The van der Waals surface area contributed by atoms with Crippen molar-refractivity contribution in [1.29, 1.82) is 0 Å². The molecule has 4 heterocycles. The number of aromatic amines is 1. The summed E-state index contributed by atoms with van der Waals surface area (Å²) in [5.74, 6) is 2.87. The predicted octanol–water partition coefficient (Wildman–Crippen LogP) is 5.88. The fraction of sp³-hybridized carbons (Fsp3) is 0.273. The standard InChI is InChI=1S/C44H44Cl2N12O.K/c1-3-5-15-39-47-41(45)37(56(39)25-29-17-21-31(22-18-29)33-11-7-9-13-35(33)43-49-53-54-50-43)27-58-52-44(51-55-58)36-14-10-8-12-34(36)32-23-19-30(20-24-32)26-57-38(28-59)42(46)48-40(57)16-6-4-2;/h7-14,17-24,59H,3-6,15-16,25-28H2,1-2H3,(H,49,50,53,54);/q;+1. The van der Waals surface area contributed by atoms with E-state index in [0.29, 0.717) is 47.3 Å². The predicted molar refractivity (Wildman–Crippen MR) is 229 cm³/mol. The summed E-state index contributed by atoms with van der Waals surface area (Å²) in [4.78, 5) is 10.9. The third kappa shape index (κ3) is 9.71. The SMILES string of the molecule is CCCCc1nc(Cl)c(CO)n1Cc1ccc(-c2ccccc2-c2nnn(Cc3c(Cl)nc(CCCC)n3Cc3ccc(-c4ccccc4-c4nn[nH]n4)cc3)n2)cc1.[K+]. The van der Waals surface area contributed by atoms with Crippen molar-refractivity contribution < 1.29 is 56.5 Å². The fourth-order valence-corrected chi connectivity index (χ4v) is 7.89. The van der Waals surface area contributed by atoms with Gasteiger partial charge in [0.25, 0.3) is 0 Å². The molecule has 0 radical (unpaired) electrons. The van der Waals surface area contributed by atoms with Crippen LogP contribution < -0.4 is 51.4 Å². The Morgan fingerprint density at radius 2 is 1.10 bits per heavy atom. The molecule has 0 atom stereocenters. The third-order valence-corrected chi connectivity index (χ3v) is 11.1. The number of halogens is 2. The van der Waals surface area contributed by atoms with Gasteiger partial charge in [0.1, 0.15) is 18.2 Å². The second-order valence-electron chi connectivity index (χ2n) is 14.4. The second kappa shape index (κ2) is 20.5. The van der Waals surface area contributed by atoms with Crippen LogP contribution in [0.25, 0.3) is 45.0 Å². The minimum absolute atomic E-state index is 0. The molecule has 0 bridgehead atoms. The van der Waals surface area contributed by atoms with Gasteiger partial charge in [-0.3, -0.25) is 0 Å². The molecular weight excluding hydrogens is 823 g/mol. The Bertz CT molecular complexity index is 2640. The van der Waals surface area contributed by atoms with Gasteiger partial charge in [-0.15, -0.1) is 20.4 Å². The molecule has 2 N–H and O–H groups in total. The number of nitrogens with zero attached hydrogens (tertiary/aromatic N) is 11. The molecule has 4 aromatic carbocycles. The molecule has 0 aliphatic rings. The molecule has 0 saturated carbocycles. The Hall–Kier alpha value is -4.38. The summed E-state index contributed by atoms with van der Waals surface area (Å²) < 4.78 is 4.22. The van der Waals surface area contributed by atoms with Crippen molar-refractivity contribution in [1.82, 2.24) is 59.9 Å². The summed E-state index contributed by atoms with van der Waals surface area (Å²) in [6, 6.07) is 32.9. The molecule has 0 saturated heterocycles. The number of benzene rings is 4. The average molecular weight is 867 g/mol. The van der Waals surface area contributed by atoms with Crippen LogP contribution in [0.3, 0.4) is 0 Å². The van der Waals surface area contributed by atoms with Crippen molar-refractivity contribution in [3.05, 3.63) is 142 Å². The zero-order chi connectivity index (χ0) is 40.7. The number of imidazole rings is 2. The molecule has 0 aliphatic carbocycles. The number of H-pyrrole nitrogens is 1. The summed E-state index contributed by atoms with van der Waals surface area (Å²) in [7, 11) is 0. The van der Waals surface area contributed by atoms with Gasteiger partial charge >= 0.3 is 51.4 Å². The average Bonchev–Trinajstić information content (AvgIpc) is 4.08. The Morgan fingerprint density at radius 3 is 1.60 bits per heavy atom. The molecule has 0 aliphatic heterocycles. The first kappa shape index (κ1) is 43.7. The van der Waals surface area contributed by atoms with Crippen LogP contribution in [0.15, 0.2) is 97.1 Å². The number of hydrogen-bond acceptors (Lipinski definition) is 9. The van der Waals surface area contributed by atoms with Gasteiger partial charge in [0.05, 0.1) is 18.0 Å². The molecule has 60 heavy (non-hydrogen) atoms. The molecule has 8 rings (SSSR count). The maximum atomic E-state index is 10.0. The minimum atomic E-state index is -0.166. The van der Waals surface area contributed by atoms with Crippen molar-refractivity contribution in [3.8, 4) is 45.0 Å². The van der Waals surface area contributed by atoms with Crippen molar-refractivity contribution >= 4 is 23.2 Å². The molecule has 0 fully saturated rings. The summed E-state index contributed by atoms with van der Waals surface area (Å²) in [6.45, 7) is 5.59. The molecule has 0 spiro atoms. The van der Waals surface area contributed by atoms with E-state index in [0.717, 1.165) is 100 Å². The number of rotatable bonds is 17. The van der Waals surface area contributed by atoms with E-state index >= 15 is 0 Å². The topological polar surface area (TPSA) is 154 Å². The summed E-state index contributed by atoms with van der Waals surface area (Å²) in [6.07, 6.45) is 5.68. The molecule has 4 aromatic heterocycles. The number of aliphatic hydroxyl groups excluding tert-OH is 1. The van der Waals surface area contributed by atoms with Crippen molar-refractivity contribution in [2.75, 3.05) is 0 Å². The largest absolute Gasteiger partial charge is 1.00 e. The number of hydrogen-bond donors (Lipinski definition) is 2. The minimum Gasteiger partial charge on any atom is -0.390 e. The Morgan fingerprint density at radius 1 is 0.600 bits per heavy atom.